The van der Waals surface area contributed by atoms with Gasteiger partial charge < -0.3 is 20.3 Å². The van der Waals surface area contributed by atoms with Crippen LogP contribution in [0.15, 0.2) is 10.9 Å². The summed E-state index contributed by atoms with van der Waals surface area (Å²) in [5.41, 5.74) is 0. The van der Waals surface area contributed by atoms with E-state index in [0.29, 0.717) is 18.9 Å². The number of carboxylic acid groups (broad SMARTS) is 1. The number of nitrogens with one attached hydrogen (secondary N) is 2. The van der Waals surface area contributed by atoms with Crippen LogP contribution in [0, 0.1) is 0 Å². The average molecular weight is 228 g/mol. The lowest BCUT2D eigenvalue weighted by Gasteiger charge is -2.09. The number of nitrogens with zero attached hydrogens (tertiary/aromatic N) is 2. The van der Waals surface area contributed by atoms with Gasteiger partial charge in [0.05, 0.1) is 0 Å². The molecule has 0 radical (unpaired) electrons. The van der Waals surface area contributed by atoms with Gasteiger partial charge in [-0.25, -0.2) is 4.79 Å². The Morgan fingerprint density at radius 1 is 1.62 bits per heavy atom. The number of hydrogen-bond donors (Lipinski definition) is 3. The maximum atomic E-state index is 11.1. The number of urea groups is 1. The number of carbonyl (C=O) groups excluding carboxylic acids is 1. The Kier molecular flexibility index (Phi) is 4.25. The van der Waals surface area contributed by atoms with Gasteiger partial charge in [0.25, 0.3) is 0 Å². The van der Waals surface area contributed by atoms with E-state index in [1.807, 2.05) is 0 Å². The van der Waals surface area contributed by atoms with Gasteiger partial charge in [-0.3, -0.25) is 4.79 Å². The van der Waals surface area contributed by atoms with Crippen LogP contribution in [0.5, 0.6) is 0 Å². The summed E-state index contributed by atoms with van der Waals surface area (Å²) in [5.74, 6) is -0.682. The van der Waals surface area contributed by atoms with E-state index in [9.17, 15) is 9.59 Å². The lowest BCUT2D eigenvalue weighted by molar-refractivity contribution is -0.138. The first-order valence-corrected chi connectivity index (χ1v) is 4.62. The average Bonchev–Trinajstić information content (AvgIpc) is 2.70. The molecule has 3 N–H and O–H groups in total. The van der Waals surface area contributed by atoms with Crippen LogP contribution in [0.3, 0.4) is 0 Å². The monoisotopic (exact) mass is 228 g/mol. The van der Waals surface area contributed by atoms with Gasteiger partial charge in [-0.1, -0.05) is 5.16 Å². The molecule has 8 nitrogen and oxygen atoms in total. The van der Waals surface area contributed by atoms with Gasteiger partial charge >= 0.3 is 12.0 Å². The van der Waals surface area contributed by atoms with Crippen molar-refractivity contribution in [3.63, 3.8) is 0 Å². The molecule has 16 heavy (non-hydrogen) atoms. The number of rotatable bonds is 5. The summed E-state index contributed by atoms with van der Waals surface area (Å²) >= 11 is 0. The van der Waals surface area contributed by atoms with Crippen molar-refractivity contribution in [2.75, 3.05) is 6.54 Å². The van der Waals surface area contributed by atoms with Crippen molar-refractivity contribution < 1.29 is 19.2 Å². The molecule has 1 aromatic heterocycles. The highest BCUT2D eigenvalue weighted by atomic mass is 16.5. The fourth-order valence-corrected chi connectivity index (χ4v) is 0.899. The van der Waals surface area contributed by atoms with Crippen molar-refractivity contribution >= 4 is 12.0 Å². The molecule has 0 aliphatic rings. The molecule has 1 aromatic rings. The Morgan fingerprint density at radius 2 is 2.38 bits per heavy atom. The summed E-state index contributed by atoms with van der Waals surface area (Å²) in [6.07, 6.45) is 1.66. The Labute approximate surface area is 91.0 Å². The van der Waals surface area contributed by atoms with Crippen LogP contribution < -0.4 is 10.6 Å². The number of hydrogen-bond acceptors (Lipinski definition) is 5. The molecule has 0 spiro atoms. The maximum Gasteiger partial charge on any atom is 0.325 e. The van der Waals surface area contributed by atoms with Crippen LogP contribution in [-0.4, -0.2) is 39.8 Å². The standard InChI is InChI=1S/C8H12N4O4/c1-5(7(13)14)12-8(15)9-3-2-6-10-4-11-16-6/h4-5H,2-3H2,1H3,(H,13,14)(H2,9,12,15). The van der Waals surface area contributed by atoms with Gasteiger partial charge in [0, 0.05) is 13.0 Å². The quantitative estimate of drug-likeness (QED) is 0.618. The Bertz CT molecular complexity index is 351. The molecule has 0 aliphatic carbocycles. The Hall–Kier alpha value is -2.12. The highest BCUT2D eigenvalue weighted by Gasteiger charge is 2.13. The van der Waals surface area contributed by atoms with Gasteiger partial charge in [0.2, 0.25) is 5.89 Å². The van der Waals surface area contributed by atoms with Gasteiger partial charge in [0.15, 0.2) is 6.33 Å². The van der Waals surface area contributed by atoms with Gasteiger partial charge in [-0.05, 0) is 6.92 Å². The molecular weight excluding hydrogens is 216 g/mol. The number of aromatic nitrogens is 2. The zero-order valence-corrected chi connectivity index (χ0v) is 8.64. The smallest absolute Gasteiger partial charge is 0.325 e. The van der Waals surface area contributed by atoms with Crippen molar-refractivity contribution in [3.05, 3.63) is 12.2 Å². The number of aliphatic carboxylic acids is 1. The third kappa shape index (κ3) is 3.95. The third-order valence-corrected chi connectivity index (χ3v) is 1.75. The zero-order chi connectivity index (χ0) is 12.0. The summed E-state index contributed by atoms with van der Waals surface area (Å²) < 4.78 is 4.71. The normalized spacial score (nSPS) is 11.8. The molecule has 88 valence electrons. The van der Waals surface area contributed by atoms with Crippen molar-refractivity contribution in [1.29, 1.82) is 0 Å². The third-order valence-electron chi connectivity index (χ3n) is 1.75. The summed E-state index contributed by atoms with van der Waals surface area (Å²) in [7, 11) is 0. The number of carbonyl (C=O) groups is 2. The fourth-order valence-electron chi connectivity index (χ4n) is 0.899. The second-order valence-corrected chi connectivity index (χ2v) is 3.05. The van der Waals surface area contributed by atoms with Crippen molar-refractivity contribution in [3.8, 4) is 0 Å². The molecule has 1 atom stereocenters. The zero-order valence-electron chi connectivity index (χ0n) is 8.64. The Morgan fingerprint density at radius 3 is 2.94 bits per heavy atom. The predicted octanol–water partition coefficient (Wildman–Crippen LogP) is -0.616. The van der Waals surface area contributed by atoms with Crippen LogP contribution in [0.25, 0.3) is 0 Å². The first-order chi connectivity index (χ1) is 7.59. The minimum Gasteiger partial charge on any atom is -0.480 e. The molecule has 1 heterocycles. The molecule has 1 unspecified atom stereocenters. The van der Waals surface area contributed by atoms with Gasteiger partial charge in [-0.15, -0.1) is 0 Å². The van der Waals surface area contributed by atoms with E-state index in [-0.39, 0.29) is 0 Å². The second kappa shape index (κ2) is 5.69. The molecule has 2 amide bonds. The van der Waals surface area contributed by atoms with Crippen molar-refractivity contribution in [2.45, 2.75) is 19.4 Å². The second-order valence-electron chi connectivity index (χ2n) is 3.05. The van der Waals surface area contributed by atoms with E-state index in [1.54, 1.807) is 0 Å². The molecule has 1 rings (SSSR count). The maximum absolute atomic E-state index is 11.1. The summed E-state index contributed by atoms with van der Waals surface area (Å²) in [4.78, 5) is 25.3. The lowest BCUT2D eigenvalue weighted by atomic mass is 10.3. The van der Waals surface area contributed by atoms with Crippen LogP contribution in [0.1, 0.15) is 12.8 Å². The minimum absolute atomic E-state index is 0.292. The minimum atomic E-state index is -1.09. The Balaban J connectivity index is 2.18. The summed E-state index contributed by atoms with van der Waals surface area (Å²) in [5, 5.41) is 16.6. The van der Waals surface area contributed by atoms with Crippen LogP contribution in [0.2, 0.25) is 0 Å². The molecule has 8 heteroatoms. The topological polar surface area (TPSA) is 117 Å². The van der Waals surface area contributed by atoms with E-state index < -0.39 is 18.0 Å². The molecular formula is C8H12N4O4. The van der Waals surface area contributed by atoms with Gasteiger partial charge in [0.1, 0.15) is 6.04 Å². The molecule has 0 aromatic carbocycles. The first-order valence-electron chi connectivity index (χ1n) is 4.62. The van der Waals surface area contributed by atoms with Crippen molar-refractivity contribution in [1.82, 2.24) is 20.8 Å². The van der Waals surface area contributed by atoms with E-state index in [1.165, 1.54) is 13.3 Å². The largest absolute Gasteiger partial charge is 0.480 e. The molecule has 0 saturated carbocycles. The lowest BCUT2D eigenvalue weighted by Crippen LogP contribution is -2.44. The van der Waals surface area contributed by atoms with E-state index in [4.69, 9.17) is 9.63 Å². The van der Waals surface area contributed by atoms with Crippen LogP contribution >= 0.6 is 0 Å². The summed E-state index contributed by atoms with van der Waals surface area (Å²) in [6.45, 7) is 1.67. The summed E-state index contributed by atoms with van der Waals surface area (Å²) in [6, 6.07) is -1.47. The molecule has 0 fully saturated rings. The SMILES string of the molecule is CC(NC(=O)NCCc1ncno1)C(=O)O. The van der Waals surface area contributed by atoms with E-state index in [2.05, 4.69) is 20.8 Å². The highest BCUT2D eigenvalue weighted by molar-refractivity contribution is 5.82. The number of carboxylic acids is 1. The van der Waals surface area contributed by atoms with Crippen LogP contribution in [-0.2, 0) is 11.2 Å². The van der Waals surface area contributed by atoms with Crippen molar-refractivity contribution in [2.24, 2.45) is 0 Å². The molecule has 0 bridgehead atoms. The molecule has 0 aliphatic heterocycles. The van der Waals surface area contributed by atoms with Gasteiger partial charge in [-0.2, -0.15) is 4.98 Å². The van der Waals surface area contributed by atoms with E-state index >= 15 is 0 Å². The highest BCUT2D eigenvalue weighted by Crippen LogP contribution is 1.90. The number of amides is 2. The van der Waals surface area contributed by atoms with E-state index in [0.717, 1.165) is 0 Å². The fraction of sp³-hybridized carbons (Fsp3) is 0.500. The first kappa shape index (κ1) is 12.0. The predicted molar refractivity (Wildman–Crippen MR) is 51.6 cm³/mol. The van der Waals surface area contributed by atoms with Crippen LogP contribution in [0.4, 0.5) is 4.79 Å². The molecule has 0 saturated heterocycles.